The number of hydrazone groups is 1. The van der Waals surface area contributed by atoms with E-state index in [9.17, 15) is 13.6 Å². The molecule has 2 aliphatic heterocycles. The van der Waals surface area contributed by atoms with Crippen molar-refractivity contribution in [2.45, 2.75) is 11.3 Å². The molecule has 0 bridgehead atoms. The van der Waals surface area contributed by atoms with E-state index in [1.165, 1.54) is 21.7 Å². The van der Waals surface area contributed by atoms with Crippen LogP contribution in [0.5, 0.6) is 0 Å². The van der Waals surface area contributed by atoms with E-state index in [0.29, 0.717) is 26.6 Å². The van der Waals surface area contributed by atoms with Crippen molar-refractivity contribution in [3.8, 4) is 0 Å². The Morgan fingerprint density at radius 2 is 2.10 bits per heavy atom. The molecular formula is C21H23F2N4OPS. The molecule has 0 aliphatic carbocycles. The minimum Gasteiger partial charge on any atom is -0.330 e. The van der Waals surface area contributed by atoms with Crippen LogP contribution in [0.4, 0.5) is 13.6 Å². The topological polar surface area (TPSA) is 61.9 Å². The van der Waals surface area contributed by atoms with Crippen molar-refractivity contribution in [3.63, 3.8) is 0 Å². The van der Waals surface area contributed by atoms with Gasteiger partial charge in [-0.15, -0.1) is 0 Å². The van der Waals surface area contributed by atoms with E-state index in [2.05, 4.69) is 11.2 Å². The van der Waals surface area contributed by atoms with Crippen LogP contribution in [0.1, 0.15) is 17.5 Å². The highest BCUT2D eigenvalue weighted by atomic mass is 32.2. The van der Waals surface area contributed by atoms with Gasteiger partial charge in [0.25, 0.3) is 0 Å². The van der Waals surface area contributed by atoms with E-state index >= 15 is 0 Å². The Morgan fingerprint density at radius 3 is 2.83 bits per heavy atom. The van der Waals surface area contributed by atoms with Gasteiger partial charge in [0.05, 0.1) is 0 Å². The highest BCUT2D eigenvalue weighted by Gasteiger charge is 2.56. The molecule has 0 fully saturated rings. The second-order valence-corrected chi connectivity index (χ2v) is 10.0. The Balaban J connectivity index is 1.92. The Kier molecular flexibility index (Phi) is 5.84. The molecule has 2 heterocycles. The zero-order valence-corrected chi connectivity index (χ0v) is 18.5. The molecule has 2 N–H and O–H groups in total. The highest BCUT2D eigenvalue weighted by molar-refractivity contribution is 8.15. The number of thioether (sulfide) groups is 1. The van der Waals surface area contributed by atoms with Crippen LogP contribution in [0.15, 0.2) is 47.6 Å². The van der Waals surface area contributed by atoms with Gasteiger partial charge in [0.1, 0.15) is 21.5 Å². The van der Waals surface area contributed by atoms with E-state index in [4.69, 9.17) is 5.73 Å². The first-order valence-corrected chi connectivity index (χ1v) is 11.7. The zero-order valence-electron chi connectivity index (χ0n) is 16.7. The van der Waals surface area contributed by atoms with Crippen LogP contribution >= 0.6 is 20.3 Å². The molecule has 158 valence electrons. The molecule has 9 heteroatoms. The maximum Gasteiger partial charge on any atom is 0.341 e. The lowest BCUT2D eigenvalue weighted by atomic mass is 9.89. The third-order valence-corrected chi connectivity index (χ3v) is 8.45. The SMILES string of the molecule is CN(C)C(=O)N1N=C(c2cc(F)ccc2F)SC12c1ccccc1PC[C@@H]2CCN. The lowest BCUT2D eigenvalue weighted by molar-refractivity contribution is 0.116. The number of benzene rings is 2. The smallest absolute Gasteiger partial charge is 0.330 e. The number of nitrogens with two attached hydrogens (primary N) is 1. The molecule has 2 unspecified atom stereocenters. The molecule has 0 radical (unpaired) electrons. The quantitative estimate of drug-likeness (QED) is 0.732. The van der Waals surface area contributed by atoms with Crippen molar-refractivity contribution < 1.29 is 13.6 Å². The fraction of sp³-hybridized carbons (Fsp3) is 0.333. The molecule has 2 aromatic carbocycles. The Hall–Kier alpha value is -2.02. The number of hydrogen-bond acceptors (Lipinski definition) is 4. The summed E-state index contributed by atoms with van der Waals surface area (Å²) in [5.74, 6) is -1.09. The van der Waals surface area contributed by atoms with E-state index in [-0.39, 0.29) is 17.5 Å². The number of rotatable bonds is 3. The average molecular weight is 448 g/mol. The molecule has 0 saturated heterocycles. The number of hydrogen-bond donors (Lipinski definition) is 1. The van der Waals surface area contributed by atoms with E-state index in [0.717, 1.165) is 35.2 Å². The maximum absolute atomic E-state index is 14.6. The third kappa shape index (κ3) is 3.41. The van der Waals surface area contributed by atoms with Crippen LogP contribution < -0.4 is 11.0 Å². The van der Waals surface area contributed by atoms with Crippen LogP contribution in [0.3, 0.4) is 0 Å². The number of carbonyl (C=O) groups is 1. The molecule has 0 saturated carbocycles. The van der Waals surface area contributed by atoms with Gasteiger partial charge in [-0.3, -0.25) is 0 Å². The molecule has 2 aliphatic rings. The monoisotopic (exact) mass is 448 g/mol. The fourth-order valence-electron chi connectivity index (χ4n) is 3.99. The van der Waals surface area contributed by atoms with Crippen molar-refractivity contribution in [1.29, 1.82) is 0 Å². The van der Waals surface area contributed by atoms with Crippen LogP contribution in [0.25, 0.3) is 0 Å². The summed E-state index contributed by atoms with van der Waals surface area (Å²) in [4.78, 5) is 13.8. The van der Waals surface area contributed by atoms with Gasteiger partial charge in [0.15, 0.2) is 0 Å². The van der Waals surface area contributed by atoms with Gasteiger partial charge in [-0.25, -0.2) is 13.6 Å². The van der Waals surface area contributed by atoms with Gasteiger partial charge in [-0.05, 0) is 48.2 Å². The predicted molar refractivity (Wildman–Crippen MR) is 120 cm³/mol. The predicted octanol–water partition coefficient (Wildman–Crippen LogP) is 3.49. The Bertz CT molecular complexity index is 1020. The van der Waals surface area contributed by atoms with Gasteiger partial charge in [-0.1, -0.05) is 44.6 Å². The van der Waals surface area contributed by atoms with Gasteiger partial charge in [0, 0.05) is 25.6 Å². The molecule has 2 amide bonds. The Labute approximate surface area is 180 Å². The van der Waals surface area contributed by atoms with Crippen molar-refractivity contribution in [2.24, 2.45) is 16.8 Å². The summed E-state index contributed by atoms with van der Waals surface area (Å²) < 4.78 is 28.5. The first kappa shape index (κ1) is 21.2. The standard InChI is InChI=1S/C21H23F2N4OPS/c1-26(2)20(28)27-21(30-19(25-27)15-11-14(22)7-8-17(15)23)13(9-10-24)12-29-18-6-4-3-5-16(18)21/h3-8,11,13,29H,9-10,12,24H2,1-2H3/t13-,21?/m0/s1. The number of carbonyl (C=O) groups excluding carboxylic acids is 1. The average Bonchev–Trinajstić information content (AvgIpc) is 3.12. The highest BCUT2D eigenvalue weighted by Crippen LogP contribution is 2.56. The largest absolute Gasteiger partial charge is 0.341 e. The molecule has 1 spiro atoms. The lowest BCUT2D eigenvalue weighted by Crippen LogP contribution is -2.54. The zero-order chi connectivity index (χ0) is 21.5. The van der Waals surface area contributed by atoms with Crippen molar-refractivity contribution in [1.82, 2.24) is 9.91 Å². The first-order chi connectivity index (χ1) is 14.4. The van der Waals surface area contributed by atoms with Crippen LogP contribution in [-0.2, 0) is 4.87 Å². The number of nitrogens with zero attached hydrogens (tertiary/aromatic N) is 3. The molecular weight excluding hydrogens is 425 g/mol. The van der Waals surface area contributed by atoms with Crippen LogP contribution in [-0.4, -0.2) is 47.8 Å². The molecule has 2 aromatic rings. The summed E-state index contributed by atoms with van der Waals surface area (Å²) >= 11 is 1.33. The van der Waals surface area contributed by atoms with Crippen molar-refractivity contribution in [3.05, 3.63) is 65.2 Å². The van der Waals surface area contributed by atoms with Crippen molar-refractivity contribution in [2.75, 3.05) is 26.8 Å². The number of halogens is 2. The van der Waals surface area contributed by atoms with Gasteiger partial charge in [0.2, 0.25) is 0 Å². The second-order valence-electron chi connectivity index (χ2n) is 7.52. The first-order valence-electron chi connectivity index (χ1n) is 9.66. The Morgan fingerprint density at radius 1 is 1.33 bits per heavy atom. The molecule has 3 atom stereocenters. The van der Waals surface area contributed by atoms with Gasteiger partial charge < -0.3 is 10.6 Å². The second kappa shape index (κ2) is 8.25. The normalized spacial score (nSPS) is 23.6. The van der Waals surface area contributed by atoms with E-state index in [1.807, 2.05) is 18.2 Å². The van der Waals surface area contributed by atoms with Crippen LogP contribution in [0, 0.1) is 17.6 Å². The van der Waals surface area contributed by atoms with E-state index in [1.54, 1.807) is 14.1 Å². The van der Waals surface area contributed by atoms with Gasteiger partial charge >= 0.3 is 6.03 Å². The van der Waals surface area contributed by atoms with Crippen LogP contribution in [0.2, 0.25) is 0 Å². The molecule has 0 aromatic heterocycles. The fourth-order valence-corrected chi connectivity index (χ4v) is 7.41. The number of urea groups is 1. The number of fused-ring (bicyclic) bond motifs is 2. The minimum absolute atomic E-state index is 0.0301. The minimum atomic E-state index is -0.851. The molecule has 4 rings (SSSR count). The number of amides is 2. The van der Waals surface area contributed by atoms with Crippen molar-refractivity contribution >= 4 is 36.7 Å². The summed E-state index contributed by atoms with van der Waals surface area (Å²) in [5, 5.41) is 7.48. The molecule has 30 heavy (non-hydrogen) atoms. The van der Waals surface area contributed by atoms with Gasteiger partial charge in [-0.2, -0.15) is 10.1 Å². The summed E-state index contributed by atoms with van der Waals surface area (Å²) in [6.07, 6.45) is 1.55. The summed E-state index contributed by atoms with van der Waals surface area (Å²) in [5.41, 5.74) is 6.98. The summed E-state index contributed by atoms with van der Waals surface area (Å²) in [6.45, 7) is 0.466. The lowest BCUT2D eigenvalue weighted by Gasteiger charge is -2.46. The maximum atomic E-state index is 14.6. The molecule has 5 nitrogen and oxygen atoms in total. The van der Waals surface area contributed by atoms with E-state index < -0.39 is 16.5 Å². The third-order valence-electron chi connectivity index (χ3n) is 5.40. The summed E-state index contributed by atoms with van der Waals surface area (Å²) in [7, 11) is 3.91. The summed E-state index contributed by atoms with van der Waals surface area (Å²) in [6, 6.07) is 11.0.